The number of benzene rings is 9. The van der Waals surface area contributed by atoms with Crippen LogP contribution in [0.25, 0.3) is 117 Å². The van der Waals surface area contributed by atoms with E-state index in [1.165, 1.54) is 21.9 Å². The summed E-state index contributed by atoms with van der Waals surface area (Å²) in [5.41, 5.74) is 14.6. The Morgan fingerprint density at radius 1 is 0.306 bits per heavy atom. The van der Waals surface area contributed by atoms with Crippen LogP contribution in [0.1, 0.15) is 0 Å². The van der Waals surface area contributed by atoms with Gasteiger partial charge in [0.1, 0.15) is 5.58 Å². The van der Waals surface area contributed by atoms with Crippen molar-refractivity contribution < 1.29 is 4.42 Å². The predicted octanol–water partition coefficient (Wildman–Crippen LogP) is 14.9. The number of nitrogens with zero attached hydrogens (tertiary/aromatic N) is 4. The Balaban J connectivity index is 0.928. The molecule has 0 spiro atoms. The molecule has 0 N–H and O–H groups in total. The lowest BCUT2D eigenvalue weighted by atomic mass is 10.0. The topological polar surface area (TPSA) is 56.7 Å². The van der Waals surface area contributed by atoms with Crippen LogP contribution in [0.15, 0.2) is 223 Å². The number of hydrogen-bond acceptors (Lipinski definition) is 4. The molecule has 0 amide bonds. The van der Waals surface area contributed by atoms with Crippen molar-refractivity contribution in [3.05, 3.63) is 218 Å². The lowest BCUT2D eigenvalue weighted by Gasteiger charge is -2.10. The Hall–Kier alpha value is -8.41. The largest absolute Gasteiger partial charge is 0.454 e. The molecule has 0 aliphatic rings. The van der Waals surface area contributed by atoms with E-state index >= 15 is 0 Å². The molecule has 0 fully saturated rings. The van der Waals surface area contributed by atoms with E-state index in [1.807, 2.05) is 12.1 Å². The lowest BCUT2D eigenvalue weighted by Crippen LogP contribution is -2.00. The van der Waals surface area contributed by atoms with Gasteiger partial charge in [-0.15, -0.1) is 0 Å². The van der Waals surface area contributed by atoms with Crippen LogP contribution < -0.4 is 0 Å². The van der Waals surface area contributed by atoms with Crippen LogP contribution in [-0.4, -0.2) is 19.5 Å². The van der Waals surface area contributed by atoms with E-state index in [4.69, 9.17) is 19.4 Å². The van der Waals surface area contributed by atoms with Crippen LogP contribution in [0.2, 0.25) is 0 Å². The van der Waals surface area contributed by atoms with Crippen LogP contribution >= 0.6 is 0 Å². The summed E-state index contributed by atoms with van der Waals surface area (Å²) >= 11 is 0. The summed E-state index contributed by atoms with van der Waals surface area (Å²) in [4.78, 5) is 15.2. The molecule has 3 aromatic heterocycles. The Morgan fingerprint density at radius 3 is 1.27 bits per heavy atom. The first-order chi connectivity index (χ1) is 30.7. The molecule has 0 saturated carbocycles. The highest BCUT2D eigenvalue weighted by Gasteiger charge is 2.20. The summed E-state index contributed by atoms with van der Waals surface area (Å²) in [5, 5.41) is 4.54. The molecular formula is C57H36N4O. The van der Waals surface area contributed by atoms with Crippen molar-refractivity contribution in [3.8, 4) is 73.2 Å². The van der Waals surface area contributed by atoms with Gasteiger partial charge in [0.15, 0.2) is 23.1 Å². The Bertz CT molecular complexity index is 3480. The molecule has 0 aliphatic carbocycles. The molecule has 0 atom stereocenters. The highest BCUT2D eigenvalue weighted by Crippen LogP contribution is 2.41. The summed E-state index contributed by atoms with van der Waals surface area (Å²) in [6, 6.07) is 76.2. The van der Waals surface area contributed by atoms with E-state index in [2.05, 4.69) is 211 Å². The van der Waals surface area contributed by atoms with Gasteiger partial charge >= 0.3 is 0 Å². The lowest BCUT2D eigenvalue weighted by molar-refractivity contribution is 0.671. The van der Waals surface area contributed by atoms with Gasteiger partial charge in [0.25, 0.3) is 0 Å². The minimum atomic E-state index is 0.616. The second kappa shape index (κ2) is 14.7. The zero-order valence-electron chi connectivity index (χ0n) is 33.5. The van der Waals surface area contributed by atoms with Gasteiger partial charge in [0, 0.05) is 43.9 Å². The standard InChI is InChI=1S/C57H36N4O/c1-4-12-37(13-5-1)39-20-26-42(27-21-39)55-58-56(43-28-22-40(23-29-43)38-14-6-2-7-15-38)60-57(59-55)44-30-24-41(25-31-44)45-32-35-52-50(36-45)49-34-33-48-47-18-10-11-19-51(47)61(53(48)54(49)62-52)46-16-8-3-9-17-46/h1-36H. The molecule has 5 heteroatoms. The summed E-state index contributed by atoms with van der Waals surface area (Å²) in [6.07, 6.45) is 0. The maximum absolute atomic E-state index is 6.74. The molecular weight excluding hydrogens is 757 g/mol. The summed E-state index contributed by atoms with van der Waals surface area (Å²) in [6.45, 7) is 0. The minimum Gasteiger partial charge on any atom is -0.454 e. The average Bonchev–Trinajstić information content (AvgIpc) is 3.90. The minimum absolute atomic E-state index is 0.616. The van der Waals surface area contributed by atoms with Crippen molar-refractivity contribution in [2.24, 2.45) is 0 Å². The van der Waals surface area contributed by atoms with Crippen molar-refractivity contribution in [1.29, 1.82) is 0 Å². The SMILES string of the molecule is c1ccc(-c2ccc(-c3nc(-c4ccc(-c5ccccc5)cc4)nc(-c4ccc(-c5ccc6oc7c(ccc8c9ccccc9n(-c9ccccc9)c87)c6c5)cc4)n3)cc2)cc1. The first kappa shape index (κ1) is 35.5. The molecule has 9 aromatic carbocycles. The van der Waals surface area contributed by atoms with E-state index in [1.54, 1.807) is 0 Å². The Morgan fingerprint density at radius 2 is 0.726 bits per heavy atom. The molecule has 0 aliphatic heterocycles. The second-order valence-electron chi connectivity index (χ2n) is 15.6. The van der Waals surface area contributed by atoms with E-state index < -0.39 is 0 Å². The number of fused-ring (bicyclic) bond motifs is 7. The molecule has 0 unspecified atom stereocenters. The van der Waals surface area contributed by atoms with Crippen LogP contribution in [0.5, 0.6) is 0 Å². The third kappa shape index (κ3) is 6.14. The Labute approximate surface area is 357 Å². The predicted molar refractivity (Wildman–Crippen MR) is 254 cm³/mol. The fourth-order valence-electron chi connectivity index (χ4n) is 8.77. The van der Waals surface area contributed by atoms with E-state index in [0.717, 1.165) is 77.6 Å². The molecule has 12 rings (SSSR count). The normalized spacial score (nSPS) is 11.5. The molecule has 290 valence electrons. The van der Waals surface area contributed by atoms with Crippen molar-refractivity contribution in [2.45, 2.75) is 0 Å². The summed E-state index contributed by atoms with van der Waals surface area (Å²) < 4.78 is 9.06. The van der Waals surface area contributed by atoms with Gasteiger partial charge in [-0.05, 0) is 69.8 Å². The number of rotatable bonds is 7. The van der Waals surface area contributed by atoms with Crippen LogP contribution in [-0.2, 0) is 0 Å². The molecule has 5 nitrogen and oxygen atoms in total. The maximum Gasteiger partial charge on any atom is 0.164 e. The van der Waals surface area contributed by atoms with Gasteiger partial charge in [0.05, 0.1) is 11.0 Å². The fraction of sp³-hybridized carbons (Fsp3) is 0. The molecule has 3 heterocycles. The van der Waals surface area contributed by atoms with Gasteiger partial charge in [-0.3, -0.25) is 0 Å². The first-order valence-electron chi connectivity index (χ1n) is 20.8. The van der Waals surface area contributed by atoms with Crippen molar-refractivity contribution >= 4 is 43.7 Å². The molecule has 12 aromatic rings. The summed E-state index contributed by atoms with van der Waals surface area (Å²) in [5.74, 6) is 1.86. The number of hydrogen-bond donors (Lipinski definition) is 0. The monoisotopic (exact) mass is 792 g/mol. The zero-order valence-corrected chi connectivity index (χ0v) is 33.5. The number of furan rings is 1. The highest BCUT2D eigenvalue weighted by atomic mass is 16.3. The number of para-hydroxylation sites is 2. The maximum atomic E-state index is 6.74. The third-order valence-corrected chi connectivity index (χ3v) is 11.9. The zero-order chi connectivity index (χ0) is 41.0. The quantitative estimate of drug-likeness (QED) is 0.161. The van der Waals surface area contributed by atoms with Crippen molar-refractivity contribution in [3.63, 3.8) is 0 Å². The molecule has 0 saturated heterocycles. The third-order valence-electron chi connectivity index (χ3n) is 11.9. The molecule has 62 heavy (non-hydrogen) atoms. The van der Waals surface area contributed by atoms with Gasteiger partial charge in [-0.25, -0.2) is 15.0 Å². The molecule has 0 radical (unpaired) electrons. The van der Waals surface area contributed by atoms with E-state index in [0.29, 0.717) is 17.5 Å². The number of aromatic nitrogens is 4. The van der Waals surface area contributed by atoms with Gasteiger partial charge < -0.3 is 8.98 Å². The highest BCUT2D eigenvalue weighted by molar-refractivity contribution is 6.21. The Kier molecular flexibility index (Phi) is 8.42. The second-order valence-corrected chi connectivity index (χ2v) is 15.6. The fourth-order valence-corrected chi connectivity index (χ4v) is 8.77. The van der Waals surface area contributed by atoms with Crippen LogP contribution in [0.4, 0.5) is 0 Å². The van der Waals surface area contributed by atoms with Crippen molar-refractivity contribution in [1.82, 2.24) is 19.5 Å². The van der Waals surface area contributed by atoms with Gasteiger partial charge in [0.2, 0.25) is 0 Å². The van der Waals surface area contributed by atoms with Gasteiger partial charge in [-0.1, -0.05) is 182 Å². The van der Waals surface area contributed by atoms with Crippen molar-refractivity contribution in [2.75, 3.05) is 0 Å². The first-order valence-corrected chi connectivity index (χ1v) is 20.8. The molecule has 0 bridgehead atoms. The van der Waals surface area contributed by atoms with Crippen LogP contribution in [0, 0.1) is 0 Å². The average molecular weight is 793 g/mol. The summed E-state index contributed by atoms with van der Waals surface area (Å²) in [7, 11) is 0. The van der Waals surface area contributed by atoms with Crippen LogP contribution in [0.3, 0.4) is 0 Å². The van der Waals surface area contributed by atoms with E-state index in [9.17, 15) is 0 Å². The smallest absolute Gasteiger partial charge is 0.164 e. The van der Waals surface area contributed by atoms with Gasteiger partial charge in [-0.2, -0.15) is 0 Å². The van der Waals surface area contributed by atoms with E-state index in [-0.39, 0.29) is 0 Å².